The van der Waals surface area contributed by atoms with Crippen molar-refractivity contribution >= 4 is 40.0 Å². The molecule has 1 unspecified atom stereocenters. The molecule has 186 valence electrons. The fourth-order valence-electron chi connectivity index (χ4n) is 4.07. The first kappa shape index (κ1) is 25.2. The van der Waals surface area contributed by atoms with E-state index >= 15 is 0 Å². The second-order valence-electron chi connectivity index (χ2n) is 8.28. The molecule has 1 aromatic carbocycles. The van der Waals surface area contributed by atoms with Gasteiger partial charge < -0.3 is 19.4 Å². The number of thioether (sulfide) groups is 1. The zero-order valence-corrected chi connectivity index (χ0v) is 22.1. The van der Waals surface area contributed by atoms with Gasteiger partial charge in [-0.1, -0.05) is 30.8 Å². The van der Waals surface area contributed by atoms with Crippen molar-refractivity contribution in [1.82, 2.24) is 14.8 Å². The van der Waals surface area contributed by atoms with Crippen molar-refractivity contribution in [2.75, 3.05) is 17.7 Å². The molecule has 1 atom stereocenters. The molecule has 10 heteroatoms. The van der Waals surface area contributed by atoms with Crippen molar-refractivity contribution in [2.24, 2.45) is 7.05 Å². The van der Waals surface area contributed by atoms with Crippen molar-refractivity contribution in [1.29, 1.82) is 0 Å². The summed E-state index contributed by atoms with van der Waals surface area (Å²) >= 11 is 2.76. The summed E-state index contributed by atoms with van der Waals surface area (Å²) in [5.74, 6) is 1.01. The van der Waals surface area contributed by atoms with Crippen LogP contribution in [0.2, 0.25) is 0 Å². The second-order valence-corrected chi connectivity index (χ2v) is 10.3. The number of aryl methyl sites for hydroxylation is 2. The van der Waals surface area contributed by atoms with Gasteiger partial charge in [-0.3, -0.25) is 4.79 Å². The number of aromatic nitrogens is 3. The lowest BCUT2D eigenvalue weighted by Crippen LogP contribution is -2.17. The van der Waals surface area contributed by atoms with E-state index in [0.717, 1.165) is 41.9 Å². The highest BCUT2D eigenvalue weighted by atomic mass is 32.2. The number of fused-ring (bicyclic) bond motifs is 1. The molecule has 3 aromatic rings. The summed E-state index contributed by atoms with van der Waals surface area (Å²) in [6.07, 6.45) is 3.48. The number of ether oxygens (including phenoxy) is 2. The molecule has 2 heterocycles. The van der Waals surface area contributed by atoms with Crippen molar-refractivity contribution in [2.45, 2.75) is 57.7 Å². The molecule has 1 amide bonds. The van der Waals surface area contributed by atoms with Crippen LogP contribution in [0.5, 0.6) is 5.75 Å². The SMILES string of the molecule is CCOC(=O)c1c(NC(=O)CSc2nnc(C(C)Oc3ccc(CC)cc3)n2C)sc2c1CCC2. The molecule has 0 aliphatic heterocycles. The summed E-state index contributed by atoms with van der Waals surface area (Å²) < 4.78 is 13.1. The Morgan fingerprint density at radius 3 is 2.69 bits per heavy atom. The van der Waals surface area contributed by atoms with Crippen molar-refractivity contribution < 1.29 is 19.1 Å². The summed E-state index contributed by atoms with van der Waals surface area (Å²) in [6.45, 7) is 6.12. The van der Waals surface area contributed by atoms with Gasteiger partial charge in [0.2, 0.25) is 5.91 Å². The van der Waals surface area contributed by atoms with Crippen LogP contribution in [-0.4, -0.2) is 39.0 Å². The van der Waals surface area contributed by atoms with Crippen LogP contribution in [-0.2, 0) is 35.8 Å². The van der Waals surface area contributed by atoms with Gasteiger partial charge >= 0.3 is 5.97 Å². The van der Waals surface area contributed by atoms with E-state index in [1.165, 1.54) is 28.7 Å². The van der Waals surface area contributed by atoms with E-state index in [1.54, 1.807) is 6.92 Å². The molecular formula is C25H30N4O4S2. The lowest BCUT2D eigenvalue weighted by Gasteiger charge is -2.14. The lowest BCUT2D eigenvalue weighted by molar-refractivity contribution is -0.113. The number of hydrogen-bond acceptors (Lipinski definition) is 8. The Bertz CT molecular complexity index is 1200. The number of carbonyl (C=O) groups excluding carboxylic acids is 2. The number of anilines is 1. The minimum atomic E-state index is -0.369. The van der Waals surface area contributed by atoms with Gasteiger partial charge in [0.05, 0.1) is 17.9 Å². The molecule has 35 heavy (non-hydrogen) atoms. The molecule has 0 saturated carbocycles. The number of benzene rings is 1. The molecule has 1 aliphatic rings. The van der Waals surface area contributed by atoms with Gasteiger partial charge in [0.1, 0.15) is 10.8 Å². The molecule has 0 bridgehead atoms. The number of nitrogens with zero attached hydrogens (tertiary/aromatic N) is 3. The first-order valence-electron chi connectivity index (χ1n) is 11.8. The fourth-order valence-corrected chi connectivity index (χ4v) is 6.08. The van der Waals surface area contributed by atoms with E-state index in [9.17, 15) is 9.59 Å². The third kappa shape index (κ3) is 5.70. The van der Waals surface area contributed by atoms with Crippen LogP contribution in [0.25, 0.3) is 0 Å². The minimum absolute atomic E-state index is 0.143. The van der Waals surface area contributed by atoms with E-state index in [0.29, 0.717) is 28.2 Å². The first-order valence-corrected chi connectivity index (χ1v) is 13.6. The summed E-state index contributed by atoms with van der Waals surface area (Å²) in [6, 6.07) is 8.01. The zero-order valence-electron chi connectivity index (χ0n) is 20.4. The number of thiophene rings is 1. The van der Waals surface area contributed by atoms with E-state index in [4.69, 9.17) is 9.47 Å². The van der Waals surface area contributed by atoms with Crippen LogP contribution >= 0.6 is 23.1 Å². The topological polar surface area (TPSA) is 95.3 Å². The Morgan fingerprint density at radius 1 is 1.20 bits per heavy atom. The van der Waals surface area contributed by atoms with Crippen LogP contribution in [0, 0.1) is 0 Å². The van der Waals surface area contributed by atoms with Crippen LogP contribution < -0.4 is 10.1 Å². The molecule has 8 nitrogen and oxygen atoms in total. The smallest absolute Gasteiger partial charge is 0.341 e. The minimum Gasteiger partial charge on any atom is -0.483 e. The average Bonchev–Trinajstić information content (AvgIpc) is 3.53. The van der Waals surface area contributed by atoms with Crippen LogP contribution in [0.15, 0.2) is 29.4 Å². The highest BCUT2D eigenvalue weighted by Gasteiger charge is 2.28. The van der Waals surface area contributed by atoms with Crippen molar-refractivity contribution in [3.63, 3.8) is 0 Å². The van der Waals surface area contributed by atoms with Crippen molar-refractivity contribution in [3.8, 4) is 5.75 Å². The number of hydrogen-bond donors (Lipinski definition) is 1. The van der Waals surface area contributed by atoms with Gasteiger partial charge in [-0.05, 0) is 62.8 Å². The summed E-state index contributed by atoms with van der Waals surface area (Å²) in [5, 5.41) is 12.6. The maximum Gasteiger partial charge on any atom is 0.341 e. The van der Waals surface area contributed by atoms with Gasteiger partial charge in [0, 0.05) is 11.9 Å². The van der Waals surface area contributed by atoms with Crippen LogP contribution in [0.1, 0.15) is 65.5 Å². The number of nitrogens with one attached hydrogen (secondary N) is 1. The highest BCUT2D eigenvalue weighted by Crippen LogP contribution is 2.39. The van der Waals surface area contributed by atoms with Gasteiger partial charge in [0.15, 0.2) is 17.1 Å². The maximum atomic E-state index is 12.7. The van der Waals surface area contributed by atoms with Gasteiger partial charge in [0.25, 0.3) is 0 Å². The Labute approximate surface area is 213 Å². The number of rotatable bonds is 10. The molecule has 0 fully saturated rings. The standard InChI is InChI=1S/C25H30N4O4S2/c1-5-16-10-12-17(13-11-16)33-15(3)22-27-28-25(29(22)4)34-14-20(30)26-23-21(24(31)32-6-2)18-8-7-9-19(18)35-23/h10-13,15H,5-9,14H2,1-4H3,(H,26,30). The summed E-state index contributed by atoms with van der Waals surface area (Å²) in [4.78, 5) is 26.4. The predicted octanol–water partition coefficient (Wildman–Crippen LogP) is 4.98. The molecular weight excluding hydrogens is 484 g/mol. The average molecular weight is 515 g/mol. The summed E-state index contributed by atoms with van der Waals surface area (Å²) in [7, 11) is 1.86. The number of amides is 1. The fraction of sp³-hybridized carbons (Fsp3) is 0.440. The molecule has 0 saturated heterocycles. The third-order valence-corrected chi connectivity index (χ3v) is 8.09. The molecule has 4 rings (SSSR count). The molecule has 2 aromatic heterocycles. The second kappa shape index (κ2) is 11.3. The number of carbonyl (C=O) groups is 2. The lowest BCUT2D eigenvalue weighted by atomic mass is 10.1. The maximum absolute atomic E-state index is 12.7. The Kier molecular flexibility index (Phi) is 8.12. The van der Waals surface area contributed by atoms with E-state index in [2.05, 4.69) is 22.4 Å². The van der Waals surface area contributed by atoms with Crippen LogP contribution in [0.3, 0.4) is 0 Å². The normalized spacial score (nSPS) is 13.4. The highest BCUT2D eigenvalue weighted by molar-refractivity contribution is 7.99. The number of esters is 1. The molecule has 1 N–H and O–H groups in total. The molecule has 0 spiro atoms. The van der Waals surface area contributed by atoms with E-state index < -0.39 is 0 Å². The first-order chi connectivity index (χ1) is 16.9. The monoisotopic (exact) mass is 514 g/mol. The van der Waals surface area contributed by atoms with Crippen LogP contribution in [0.4, 0.5) is 5.00 Å². The molecule has 0 radical (unpaired) electrons. The van der Waals surface area contributed by atoms with Crippen molar-refractivity contribution in [3.05, 3.63) is 51.7 Å². The predicted molar refractivity (Wildman–Crippen MR) is 138 cm³/mol. The Balaban J connectivity index is 1.37. The Morgan fingerprint density at radius 2 is 1.97 bits per heavy atom. The van der Waals surface area contributed by atoms with E-state index in [-0.39, 0.29) is 23.7 Å². The Hall–Kier alpha value is -2.85. The largest absolute Gasteiger partial charge is 0.483 e. The third-order valence-electron chi connectivity index (χ3n) is 5.86. The molecule has 1 aliphatic carbocycles. The van der Waals surface area contributed by atoms with E-state index in [1.807, 2.05) is 42.8 Å². The zero-order chi connectivity index (χ0) is 24.9. The quantitative estimate of drug-likeness (QED) is 0.301. The van der Waals surface area contributed by atoms with Gasteiger partial charge in [-0.2, -0.15) is 0 Å². The van der Waals surface area contributed by atoms with Gasteiger partial charge in [-0.25, -0.2) is 4.79 Å². The van der Waals surface area contributed by atoms with Gasteiger partial charge in [-0.15, -0.1) is 21.5 Å². The summed E-state index contributed by atoms with van der Waals surface area (Å²) in [5.41, 5.74) is 2.79.